The van der Waals surface area contributed by atoms with Gasteiger partial charge in [-0.2, -0.15) is 0 Å². The van der Waals surface area contributed by atoms with Crippen molar-refractivity contribution in [2.24, 2.45) is 0 Å². The van der Waals surface area contributed by atoms with Crippen LogP contribution in [0.25, 0.3) is 0 Å². The minimum atomic E-state index is 0.442. The molecule has 0 radical (unpaired) electrons. The van der Waals surface area contributed by atoms with E-state index in [0.29, 0.717) is 6.04 Å². The third-order valence-electron chi connectivity index (χ3n) is 6.25. The minimum Gasteiger partial charge on any atom is -0.372 e. The first-order chi connectivity index (χ1) is 14.3. The highest BCUT2D eigenvalue weighted by Gasteiger charge is 2.12. The molecule has 2 aliphatic heterocycles. The minimum absolute atomic E-state index is 0.442. The molecule has 4 rings (SSSR count). The molecule has 2 N–H and O–H groups in total. The van der Waals surface area contributed by atoms with Gasteiger partial charge in [0.1, 0.15) is 0 Å². The van der Waals surface area contributed by atoms with E-state index in [1.165, 1.54) is 74.4 Å². The molecule has 0 amide bonds. The number of nitrogens with one attached hydrogen (secondary N) is 2. The number of rotatable bonds is 9. The van der Waals surface area contributed by atoms with Crippen molar-refractivity contribution < 1.29 is 0 Å². The topological polar surface area (TPSA) is 30.5 Å². The summed E-state index contributed by atoms with van der Waals surface area (Å²) >= 11 is 0. The maximum atomic E-state index is 3.64. The molecule has 0 aromatic heterocycles. The molecule has 1 atom stereocenters. The fourth-order valence-electron chi connectivity index (χ4n) is 4.40. The van der Waals surface area contributed by atoms with Gasteiger partial charge in [-0.05, 0) is 68.0 Å². The van der Waals surface area contributed by atoms with Gasteiger partial charge in [0.2, 0.25) is 0 Å². The highest BCUT2D eigenvalue weighted by Crippen LogP contribution is 2.21. The summed E-state index contributed by atoms with van der Waals surface area (Å²) in [6.45, 7) is 9.92. The molecular formula is C25H36N4. The zero-order valence-electron chi connectivity index (χ0n) is 17.9. The molecule has 0 unspecified atom stereocenters. The van der Waals surface area contributed by atoms with Gasteiger partial charge in [0.25, 0.3) is 0 Å². The molecule has 2 heterocycles. The molecule has 0 bridgehead atoms. The molecule has 0 spiro atoms. The standard InChI is InChI=1S/C25H36N4/c1-21(27-20-23-8-12-25(13-9-23)29-16-4-5-17-29)18-26-19-22-6-10-24(11-7-22)28-14-2-3-15-28/h6-13,21,26-27H,2-5,14-20H2,1H3/t21-/m0/s1. The van der Waals surface area contributed by atoms with E-state index in [1.54, 1.807) is 0 Å². The van der Waals surface area contributed by atoms with Crippen LogP contribution in [0.3, 0.4) is 0 Å². The fourth-order valence-corrected chi connectivity index (χ4v) is 4.40. The third-order valence-corrected chi connectivity index (χ3v) is 6.25. The van der Waals surface area contributed by atoms with Gasteiger partial charge >= 0.3 is 0 Å². The van der Waals surface area contributed by atoms with E-state index in [4.69, 9.17) is 0 Å². The monoisotopic (exact) mass is 392 g/mol. The van der Waals surface area contributed by atoms with E-state index in [0.717, 1.165) is 19.6 Å². The van der Waals surface area contributed by atoms with Gasteiger partial charge in [-0.3, -0.25) is 0 Å². The van der Waals surface area contributed by atoms with Crippen molar-refractivity contribution in [2.45, 2.75) is 51.7 Å². The van der Waals surface area contributed by atoms with Crippen LogP contribution in [0.15, 0.2) is 48.5 Å². The Labute approximate surface area is 176 Å². The molecule has 0 saturated carbocycles. The normalized spacial score (nSPS) is 17.8. The third kappa shape index (κ3) is 5.74. The van der Waals surface area contributed by atoms with Crippen molar-refractivity contribution >= 4 is 11.4 Å². The second-order valence-electron chi connectivity index (χ2n) is 8.63. The summed E-state index contributed by atoms with van der Waals surface area (Å²) in [5, 5.41) is 7.23. The molecule has 29 heavy (non-hydrogen) atoms. The SMILES string of the molecule is C[C@@H](CNCc1ccc(N2CCCC2)cc1)NCc1ccc(N2CCCC2)cc1. The quantitative estimate of drug-likeness (QED) is 0.671. The lowest BCUT2D eigenvalue weighted by molar-refractivity contribution is 0.501. The Morgan fingerprint density at radius 1 is 0.690 bits per heavy atom. The Kier molecular flexibility index (Phi) is 7.07. The lowest BCUT2D eigenvalue weighted by Crippen LogP contribution is -2.35. The van der Waals surface area contributed by atoms with Crippen LogP contribution in [0, 0.1) is 0 Å². The molecule has 2 aliphatic rings. The van der Waals surface area contributed by atoms with E-state index in [2.05, 4.69) is 75.9 Å². The van der Waals surface area contributed by atoms with Crippen molar-refractivity contribution in [3.8, 4) is 0 Å². The average Bonchev–Trinajstić information content (AvgIpc) is 3.47. The molecule has 2 aromatic carbocycles. The van der Waals surface area contributed by atoms with Crippen LogP contribution in [0.5, 0.6) is 0 Å². The number of benzene rings is 2. The van der Waals surface area contributed by atoms with Crippen molar-refractivity contribution in [3.05, 3.63) is 59.7 Å². The van der Waals surface area contributed by atoms with Crippen LogP contribution >= 0.6 is 0 Å². The first kappa shape index (κ1) is 20.2. The molecule has 2 saturated heterocycles. The smallest absolute Gasteiger partial charge is 0.0366 e. The van der Waals surface area contributed by atoms with E-state index >= 15 is 0 Å². The zero-order chi connectivity index (χ0) is 19.9. The molecular weight excluding hydrogens is 356 g/mol. The summed E-state index contributed by atoms with van der Waals surface area (Å²) < 4.78 is 0. The fraction of sp³-hybridized carbons (Fsp3) is 0.520. The van der Waals surface area contributed by atoms with Crippen molar-refractivity contribution in [1.82, 2.24) is 10.6 Å². The van der Waals surface area contributed by atoms with Gasteiger partial charge in [0.05, 0.1) is 0 Å². The van der Waals surface area contributed by atoms with Gasteiger partial charge in [0, 0.05) is 63.2 Å². The Morgan fingerprint density at radius 3 is 1.62 bits per heavy atom. The summed E-state index contributed by atoms with van der Waals surface area (Å²) in [5.41, 5.74) is 5.46. The molecule has 4 nitrogen and oxygen atoms in total. The summed E-state index contributed by atoms with van der Waals surface area (Å²) in [4.78, 5) is 4.97. The van der Waals surface area contributed by atoms with Crippen molar-refractivity contribution in [3.63, 3.8) is 0 Å². The highest BCUT2D eigenvalue weighted by atomic mass is 15.1. The van der Waals surface area contributed by atoms with E-state index in [9.17, 15) is 0 Å². The van der Waals surface area contributed by atoms with E-state index in [1.807, 2.05) is 0 Å². The predicted octanol–water partition coefficient (Wildman–Crippen LogP) is 4.15. The van der Waals surface area contributed by atoms with Crippen LogP contribution in [-0.4, -0.2) is 38.8 Å². The predicted molar refractivity (Wildman–Crippen MR) is 124 cm³/mol. The summed E-state index contributed by atoms with van der Waals surface area (Å²) in [6.07, 6.45) is 5.32. The van der Waals surface area contributed by atoms with Crippen LogP contribution in [0.4, 0.5) is 11.4 Å². The van der Waals surface area contributed by atoms with Gasteiger partial charge in [0.15, 0.2) is 0 Å². The van der Waals surface area contributed by atoms with Gasteiger partial charge in [-0.25, -0.2) is 0 Å². The summed E-state index contributed by atoms with van der Waals surface area (Å²) in [6, 6.07) is 18.6. The maximum absolute atomic E-state index is 3.64. The first-order valence-corrected chi connectivity index (χ1v) is 11.4. The highest BCUT2D eigenvalue weighted by molar-refractivity contribution is 5.49. The summed E-state index contributed by atoms with van der Waals surface area (Å²) in [7, 11) is 0. The van der Waals surface area contributed by atoms with Crippen LogP contribution in [0.1, 0.15) is 43.7 Å². The number of anilines is 2. The lowest BCUT2D eigenvalue weighted by Gasteiger charge is -2.19. The van der Waals surface area contributed by atoms with Gasteiger partial charge in [-0.15, -0.1) is 0 Å². The lowest BCUT2D eigenvalue weighted by atomic mass is 10.1. The van der Waals surface area contributed by atoms with Gasteiger partial charge < -0.3 is 20.4 Å². The second kappa shape index (κ2) is 10.1. The Morgan fingerprint density at radius 2 is 1.14 bits per heavy atom. The van der Waals surface area contributed by atoms with Crippen molar-refractivity contribution in [1.29, 1.82) is 0 Å². The molecule has 4 heteroatoms. The number of hydrogen-bond acceptors (Lipinski definition) is 4. The maximum Gasteiger partial charge on any atom is 0.0366 e. The van der Waals surface area contributed by atoms with Crippen LogP contribution in [-0.2, 0) is 13.1 Å². The van der Waals surface area contributed by atoms with Crippen LogP contribution < -0.4 is 20.4 Å². The number of nitrogens with zero attached hydrogens (tertiary/aromatic N) is 2. The molecule has 0 aliphatic carbocycles. The first-order valence-electron chi connectivity index (χ1n) is 11.4. The molecule has 2 fully saturated rings. The largest absolute Gasteiger partial charge is 0.372 e. The van der Waals surface area contributed by atoms with Crippen LogP contribution in [0.2, 0.25) is 0 Å². The molecule has 156 valence electrons. The average molecular weight is 393 g/mol. The Bertz CT molecular complexity index is 728. The Hall–Kier alpha value is -2.04. The second-order valence-corrected chi connectivity index (χ2v) is 8.63. The number of hydrogen-bond donors (Lipinski definition) is 2. The van der Waals surface area contributed by atoms with E-state index in [-0.39, 0.29) is 0 Å². The molecule has 2 aromatic rings. The Balaban J connectivity index is 1.15. The van der Waals surface area contributed by atoms with Gasteiger partial charge in [-0.1, -0.05) is 24.3 Å². The van der Waals surface area contributed by atoms with Crippen molar-refractivity contribution in [2.75, 3.05) is 42.5 Å². The summed E-state index contributed by atoms with van der Waals surface area (Å²) in [5.74, 6) is 0. The van der Waals surface area contributed by atoms with E-state index < -0.39 is 0 Å². The zero-order valence-corrected chi connectivity index (χ0v) is 17.9.